The van der Waals surface area contributed by atoms with Gasteiger partial charge in [-0.2, -0.15) is 0 Å². The van der Waals surface area contributed by atoms with Gasteiger partial charge in [-0.05, 0) is 58.4 Å². The van der Waals surface area contributed by atoms with Crippen LogP contribution in [0.4, 0.5) is 11.4 Å². The minimum absolute atomic E-state index is 0.202. The Labute approximate surface area is 164 Å². The average molecular weight is 423 g/mol. The van der Waals surface area contributed by atoms with E-state index in [2.05, 4.69) is 21.2 Å². The Balaban J connectivity index is 1.67. The molecule has 3 aromatic carbocycles. The highest BCUT2D eigenvalue weighted by atomic mass is 79.9. The lowest BCUT2D eigenvalue weighted by atomic mass is 10.1. The second-order valence-electron chi connectivity index (χ2n) is 6.08. The number of anilines is 2. The standard InChI is InChI=1S/C21H15BrN2O3/c1-24-17-8-4-5-9-19(17)27-18-11-10-13(12-15(18)21(24)26)23-20(25)14-6-2-3-7-16(14)22/h2-12H,1H3,(H,23,25). The van der Waals surface area contributed by atoms with Crippen LogP contribution in [0, 0.1) is 0 Å². The van der Waals surface area contributed by atoms with Crippen molar-refractivity contribution in [2.75, 3.05) is 17.3 Å². The molecule has 134 valence electrons. The van der Waals surface area contributed by atoms with Gasteiger partial charge in [0, 0.05) is 17.2 Å². The summed E-state index contributed by atoms with van der Waals surface area (Å²) in [6.07, 6.45) is 0. The van der Waals surface area contributed by atoms with Crippen LogP contribution in [0.15, 0.2) is 71.2 Å². The van der Waals surface area contributed by atoms with E-state index in [4.69, 9.17) is 4.74 Å². The molecule has 0 saturated carbocycles. The Hall–Kier alpha value is -3.12. The topological polar surface area (TPSA) is 58.6 Å². The second-order valence-corrected chi connectivity index (χ2v) is 6.93. The number of ether oxygens (including phenoxy) is 1. The van der Waals surface area contributed by atoms with Crippen LogP contribution in [0.5, 0.6) is 11.5 Å². The molecule has 0 radical (unpaired) electrons. The molecule has 4 rings (SSSR count). The number of carbonyl (C=O) groups is 2. The van der Waals surface area contributed by atoms with Crippen LogP contribution in [0.1, 0.15) is 20.7 Å². The molecular weight excluding hydrogens is 408 g/mol. The number of hydrogen-bond donors (Lipinski definition) is 1. The van der Waals surface area contributed by atoms with E-state index < -0.39 is 0 Å². The van der Waals surface area contributed by atoms with Crippen molar-refractivity contribution in [2.45, 2.75) is 0 Å². The fraction of sp³-hybridized carbons (Fsp3) is 0.0476. The van der Waals surface area contributed by atoms with E-state index in [9.17, 15) is 9.59 Å². The third kappa shape index (κ3) is 3.19. The van der Waals surface area contributed by atoms with E-state index in [0.717, 1.165) is 0 Å². The normalized spacial score (nSPS) is 12.5. The van der Waals surface area contributed by atoms with E-state index in [1.165, 1.54) is 0 Å². The zero-order valence-electron chi connectivity index (χ0n) is 14.4. The molecule has 0 spiro atoms. The van der Waals surface area contributed by atoms with Crippen molar-refractivity contribution in [3.63, 3.8) is 0 Å². The van der Waals surface area contributed by atoms with Gasteiger partial charge in [-0.1, -0.05) is 24.3 Å². The van der Waals surface area contributed by atoms with Gasteiger partial charge in [0.2, 0.25) is 0 Å². The predicted octanol–water partition coefficient (Wildman–Crippen LogP) is 5.08. The summed E-state index contributed by atoms with van der Waals surface area (Å²) in [5.74, 6) is 0.598. The van der Waals surface area contributed by atoms with Gasteiger partial charge in [-0.15, -0.1) is 0 Å². The largest absolute Gasteiger partial charge is 0.454 e. The summed E-state index contributed by atoms with van der Waals surface area (Å²) in [4.78, 5) is 27.0. The Bertz CT molecular complexity index is 1060. The van der Waals surface area contributed by atoms with Gasteiger partial charge < -0.3 is 15.0 Å². The summed E-state index contributed by atoms with van der Waals surface area (Å²) in [5, 5.41) is 2.83. The fourth-order valence-corrected chi connectivity index (χ4v) is 3.40. The molecule has 0 fully saturated rings. The van der Waals surface area contributed by atoms with Crippen molar-refractivity contribution in [1.29, 1.82) is 0 Å². The van der Waals surface area contributed by atoms with Gasteiger partial charge >= 0.3 is 0 Å². The van der Waals surface area contributed by atoms with Crippen LogP contribution in [0.2, 0.25) is 0 Å². The zero-order valence-corrected chi connectivity index (χ0v) is 16.0. The third-order valence-corrected chi connectivity index (χ3v) is 5.03. The molecule has 3 aromatic rings. The SMILES string of the molecule is CN1C(=O)c2cc(NC(=O)c3ccccc3Br)ccc2Oc2ccccc21. The van der Waals surface area contributed by atoms with Crippen molar-refractivity contribution >= 4 is 39.1 Å². The number of halogens is 1. The van der Waals surface area contributed by atoms with E-state index in [0.29, 0.717) is 38.5 Å². The van der Waals surface area contributed by atoms with E-state index in [-0.39, 0.29) is 11.8 Å². The number of nitrogens with one attached hydrogen (secondary N) is 1. The molecule has 1 N–H and O–H groups in total. The molecule has 5 nitrogen and oxygen atoms in total. The van der Waals surface area contributed by atoms with E-state index in [1.807, 2.05) is 30.3 Å². The molecule has 27 heavy (non-hydrogen) atoms. The molecule has 0 atom stereocenters. The molecule has 0 unspecified atom stereocenters. The van der Waals surface area contributed by atoms with Crippen LogP contribution < -0.4 is 15.0 Å². The Morgan fingerprint density at radius 1 is 1.00 bits per heavy atom. The van der Waals surface area contributed by atoms with Crippen molar-refractivity contribution in [3.05, 3.63) is 82.3 Å². The minimum atomic E-state index is -0.263. The Kier molecular flexibility index (Phi) is 4.41. The van der Waals surface area contributed by atoms with Crippen LogP contribution in [0.3, 0.4) is 0 Å². The first kappa shape index (κ1) is 17.3. The van der Waals surface area contributed by atoms with Gasteiger partial charge in [0.25, 0.3) is 11.8 Å². The predicted molar refractivity (Wildman–Crippen MR) is 108 cm³/mol. The van der Waals surface area contributed by atoms with Gasteiger partial charge in [0.1, 0.15) is 5.75 Å². The highest BCUT2D eigenvalue weighted by Crippen LogP contribution is 2.38. The zero-order chi connectivity index (χ0) is 19.0. The molecule has 1 aliphatic rings. The summed E-state index contributed by atoms with van der Waals surface area (Å²) < 4.78 is 6.63. The molecule has 1 aliphatic heterocycles. The summed E-state index contributed by atoms with van der Waals surface area (Å²) in [6, 6.07) is 19.6. The monoisotopic (exact) mass is 422 g/mol. The van der Waals surface area contributed by atoms with Crippen molar-refractivity contribution in [1.82, 2.24) is 0 Å². The fourth-order valence-electron chi connectivity index (χ4n) is 2.94. The first-order valence-electron chi connectivity index (χ1n) is 8.29. The molecule has 0 aliphatic carbocycles. The maximum absolute atomic E-state index is 12.9. The lowest BCUT2D eigenvalue weighted by molar-refractivity contribution is 0.0990. The van der Waals surface area contributed by atoms with Crippen molar-refractivity contribution < 1.29 is 14.3 Å². The quantitative estimate of drug-likeness (QED) is 0.625. The first-order valence-corrected chi connectivity index (χ1v) is 9.09. The number of amides is 2. The lowest BCUT2D eigenvalue weighted by Gasteiger charge is -2.16. The molecule has 0 bridgehead atoms. The Morgan fingerprint density at radius 3 is 2.56 bits per heavy atom. The van der Waals surface area contributed by atoms with Crippen LogP contribution in [-0.2, 0) is 0 Å². The van der Waals surface area contributed by atoms with Crippen molar-refractivity contribution in [3.8, 4) is 11.5 Å². The minimum Gasteiger partial charge on any atom is -0.454 e. The summed E-state index contributed by atoms with van der Waals surface area (Å²) in [6.45, 7) is 0. The molecule has 0 aromatic heterocycles. The molecule has 0 saturated heterocycles. The second kappa shape index (κ2) is 6.89. The number of rotatable bonds is 2. The maximum atomic E-state index is 12.9. The van der Waals surface area contributed by atoms with Crippen LogP contribution in [-0.4, -0.2) is 18.9 Å². The number of carbonyl (C=O) groups excluding carboxylic acids is 2. The third-order valence-electron chi connectivity index (χ3n) is 4.34. The van der Waals surface area contributed by atoms with Gasteiger partial charge in [-0.3, -0.25) is 9.59 Å². The average Bonchev–Trinajstić information content (AvgIpc) is 2.78. The molecular formula is C21H15BrN2O3. The summed E-state index contributed by atoms with van der Waals surface area (Å²) in [7, 11) is 1.70. The lowest BCUT2D eigenvalue weighted by Crippen LogP contribution is -2.25. The van der Waals surface area contributed by atoms with Gasteiger partial charge in [0.05, 0.1) is 16.8 Å². The van der Waals surface area contributed by atoms with Gasteiger partial charge in [0.15, 0.2) is 5.75 Å². The summed E-state index contributed by atoms with van der Waals surface area (Å²) in [5.41, 5.74) is 2.11. The highest BCUT2D eigenvalue weighted by Gasteiger charge is 2.26. The smallest absolute Gasteiger partial charge is 0.261 e. The highest BCUT2D eigenvalue weighted by molar-refractivity contribution is 9.10. The molecule has 6 heteroatoms. The molecule has 2 amide bonds. The summed E-state index contributed by atoms with van der Waals surface area (Å²) >= 11 is 3.37. The van der Waals surface area contributed by atoms with E-state index >= 15 is 0 Å². The van der Waals surface area contributed by atoms with Gasteiger partial charge in [-0.25, -0.2) is 0 Å². The number of para-hydroxylation sites is 2. The van der Waals surface area contributed by atoms with E-state index in [1.54, 1.807) is 48.3 Å². The van der Waals surface area contributed by atoms with Crippen molar-refractivity contribution in [2.24, 2.45) is 0 Å². The maximum Gasteiger partial charge on any atom is 0.261 e. The number of benzene rings is 3. The molecule has 1 heterocycles. The number of fused-ring (bicyclic) bond motifs is 2. The first-order chi connectivity index (χ1) is 13.0. The Morgan fingerprint density at radius 2 is 1.74 bits per heavy atom. The number of nitrogens with zero attached hydrogens (tertiary/aromatic N) is 1. The van der Waals surface area contributed by atoms with Crippen LogP contribution in [0.25, 0.3) is 0 Å². The number of hydrogen-bond acceptors (Lipinski definition) is 3. The van der Waals surface area contributed by atoms with Crippen LogP contribution >= 0.6 is 15.9 Å².